The van der Waals surface area contributed by atoms with Crippen LogP contribution in [0.25, 0.3) is 0 Å². The lowest BCUT2D eigenvalue weighted by atomic mass is 10.0. The predicted octanol–water partition coefficient (Wildman–Crippen LogP) is 3.85. The summed E-state index contributed by atoms with van der Waals surface area (Å²) < 4.78 is 10.7. The topological polar surface area (TPSA) is 59.1 Å². The highest BCUT2D eigenvalue weighted by Gasteiger charge is 2.38. The van der Waals surface area contributed by atoms with E-state index in [-0.39, 0.29) is 17.9 Å². The van der Waals surface area contributed by atoms with Gasteiger partial charge in [0.05, 0.1) is 26.7 Å². The van der Waals surface area contributed by atoms with Crippen molar-refractivity contribution in [3.8, 4) is 11.5 Å². The number of benzene rings is 2. The number of hydrogen-bond donors (Lipinski definition) is 0. The average molecular weight is 423 g/mol. The molecular weight excluding hydrogens is 392 g/mol. The van der Waals surface area contributed by atoms with Gasteiger partial charge >= 0.3 is 0 Å². The van der Waals surface area contributed by atoms with Crippen LogP contribution >= 0.6 is 0 Å². The SMILES string of the molecule is COc1ccc(CCN2C(=O)c3ccccc3C2CC(=O)N2CCCCC2)cc1OC. The fourth-order valence-corrected chi connectivity index (χ4v) is 4.65. The van der Waals surface area contributed by atoms with E-state index in [1.54, 1.807) is 14.2 Å². The van der Waals surface area contributed by atoms with Crippen molar-refractivity contribution in [2.24, 2.45) is 0 Å². The first-order chi connectivity index (χ1) is 15.1. The number of hydrogen-bond acceptors (Lipinski definition) is 4. The van der Waals surface area contributed by atoms with Gasteiger partial charge in [-0.3, -0.25) is 9.59 Å². The van der Waals surface area contributed by atoms with E-state index in [2.05, 4.69) is 0 Å². The van der Waals surface area contributed by atoms with Gasteiger partial charge in [0.25, 0.3) is 5.91 Å². The largest absolute Gasteiger partial charge is 0.493 e. The molecule has 2 aliphatic rings. The molecule has 1 fully saturated rings. The summed E-state index contributed by atoms with van der Waals surface area (Å²) >= 11 is 0. The summed E-state index contributed by atoms with van der Waals surface area (Å²) in [6.45, 7) is 2.19. The van der Waals surface area contributed by atoms with E-state index in [4.69, 9.17) is 9.47 Å². The maximum atomic E-state index is 13.2. The number of piperidine rings is 1. The average Bonchev–Trinajstić information content (AvgIpc) is 3.09. The maximum Gasteiger partial charge on any atom is 0.254 e. The van der Waals surface area contributed by atoms with Crippen LogP contribution in [0.15, 0.2) is 42.5 Å². The number of carbonyl (C=O) groups is 2. The van der Waals surface area contributed by atoms with Crippen molar-refractivity contribution in [3.05, 3.63) is 59.2 Å². The molecule has 0 radical (unpaired) electrons. The van der Waals surface area contributed by atoms with Crippen molar-refractivity contribution in [1.82, 2.24) is 9.80 Å². The Morgan fingerprint density at radius 1 is 1.00 bits per heavy atom. The van der Waals surface area contributed by atoms with Gasteiger partial charge in [0.15, 0.2) is 11.5 Å². The van der Waals surface area contributed by atoms with E-state index < -0.39 is 0 Å². The fourth-order valence-electron chi connectivity index (χ4n) is 4.65. The third-order valence-corrected chi connectivity index (χ3v) is 6.35. The predicted molar refractivity (Wildman–Crippen MR) is 119 cm³/mol. The first kappa shape index (κ1) is 21.2. The molecule has 0 spiro atoms. The summed E-state index contributed by atoms with van der Waals surface area (Å²) in [5, 5.41) is 0. The van der Waals surface area contributed by atoms with Crippen LogP contribution in [0.1, 0.15) is 53.2 Å². The Hall–Kier alpha value is -3.02. The van der Waals surface area contributed by atoms with Gasteiger partial charge in [-0.1, -0.05) is 24.3 Å². The van der Waals surface area contributed by atoms with E-state index in [1.807, 2.05) is 52.3 Å². The standard InChI is InChI=1S/C25H30N2O4/c1-30-22-11-10-18(16-23(22)31-2)12-15-27-21(17-24(28)26-13-6-3-7-14-26)19-8-4-5-9-20(19)25(27)29/h4-5,8-11,16,21H,3,6-7,12-15,17H2,1-2H3. The Morgan fingerprint density at radius 2 is 1.74 bits per heavy atom. The second-order valence-electron chi connectivity index (χ2n) is 8.19. The van der Waals surface area contributed by atoms with Crippen LogP contribution in [-0.2, 0) is 11.2 Å². The van der Waals surface area contributed by atoms with Crippen LogP contribution in [0.3, 0.4) is 0 Å². The molecule has 164 valence electrons. The molecule has 6 heteroatoms. The number of methoxy groups -OCH3 is 2. The number of fused-ring (bicyclic) bond motifs is 1. The van der Waals surface area contributed by atoms with Crippen molar-refractivity contribution in [1.29, 1.82) is 0 Å². The number of rotatable bonds is 7. The van der Waals surface area contributed by atoms with Crippen LogP contribution in [-0.4, -0.2) is 55.5 Å². The smallest absolute Gasteiger partial charge is 0.254 e. The minimum atomic E-state index is -0.210. The second-order valence-corrected chi connectivity index (χ2v) is 8.19. The molecule has 6 nitrogen and oxygen atoms in total. The summed E-state index contributed by atoms with van der Waals surface area (Å²) in [4.78, 5) is 30.0. The number of carbonyl (C=O) groups excluding carboxylic acids is 2. The second kappa shape index (κ2) is 9.41. The van der Waals surface area contributed by atoms with Crippen LogP contribution in [0.2, 0.25) is 0 Å². The molecule has 0 aliphatic carbocycles. The lowest BCUT2D eigenvalue weighted by Gasteiger charge is -2.30. The molecule has 1 unspecified atom stereocenters. The van der Waals surface area contributed by atoms with Gasteiger partial charge in [-0.2, -0.15) is 0 Å². The minimum Gasteiger partial charge on any atom is -0.493 e. The maximum absolute atomic E-state index is 13.2. The molecule has 2 heterocycles. The molecule has 0 saturated carbocycles. The van der Waals surface area contributed by atoms with Gasteiger partial charge in [-0.05, 0) is 55.0 Å². The van der Waals surface area contributed by atoms with Gasteiger partial charge in [-0.15, -0.1) is 0 Å². The van der Waals surface area contributed by atoms with Gasteiger partial charge in [0, 0.05) is 25.2 Å². The highest BCUT2D eigenvalue weighted by atomic mass is 16.5. The van der Waals surface area contributed by atoms with E-state index in [0.29, 0.717) is 36.4 Å². The Bertz CT molecular complexity index is 952. The minimum absolute atomic E-state index is 0.00696. The van der Waals surface area contributed by atoms with Gasteiger partial charge < -0.3 is 19.3 Å². The summed E-state index contributed by atoms with van der Waals surface area (Å²) in [6.07, 6.45) is 4.33. The van der Waals surface area contributed by atoms with E-state index in [9.17, 15) is 9.59 Å². The normalized spacial score (nSPS) is 18.1. The van der Waals surface area contributed by atoms with Crippen LogP contribution < -0.4 is 9.47 Å². The molecular formula is C25H30N2O4. The van der Waals surface area contributed by atoms with E-state index in [1.165, 1.54) is 6.42 Å². The monoisotopic (exact) mass is 422 g/mol. The van der Waals surface area contributed by atoms with Gasteiger partial charge in [0.1, 0.15) is 0 Å². The Labute approximate surface area is 183 Å². The zero-order valence-corrected chi connectivity index (χ0v) is 18.3. The van der Waals surface area contributed by atoms with Crippen molar-refractivity contribution >= 4 is 11.8 Å². The Balaban J connectivity index is 1.52. The molecule has 2 amide bonds. The molecule has 0 N–H and O–H groups in total. The first-order valence-electron chi connectivity index (χ1n) is 11.0. The van der Waals surface area contributed by atoms with Crippen molar-refractivity contribution in [3.63, 3.8) is 0 Å². The number of ether oxygens (including phenoxy) is 2. The molecule has 0 bridgehead atoms. The molecule has 1 saturated heterocycles. The van der Waals surface area contributed by atoms with Crippen LogP contribution in [0.4, 0.5) is 0 Å². The Morgan fingerprint density at radius 3 is 2.48 bits per heavy atom. The van der Waals surface area contributed by atoms with Gasteiger partial charge in [0.2, 0.25) is 5.91 Å². The molecule has 0 aromatic heterocycles. The molecule has 31 heavy (non-hydrogen) atoms. The Kier molecular flexibility index (Phi) is 6.44. The molecule has 2 aliphatic heterocycles. The van der Waals surface area contributed by atoms with Crippen molar-refractivity contribution < 1.29 is 19.1 Å². The van der Waals surface area contributed by atoms with Crippen LogP contribution in [0.5, 0.6) is 11.5 Å². The molecule has 2 aromatic rings. The zero-order valence-electron chi connectivity index (χ0n) is 18.3. The van der Waals surface area contributed by atoms with E-state index in [0.717, 1.165) is 37.1 Å². The summed E-state index contributed by atoms with van der Waals surface area (Å²) in [7, 11) is 3.23. The molecule has 1 atom stereocenters. The number of amides is 2. The molecule has 2 aromatic carbocycles. The third kappa shape index (κ3) is 4.38. The summed E-state index contributed by atoms with van der Waals surface area (Å²) in [6, 6.07) is 13.3. The van der Waals surface area contributed by atoms with Crippen molar-refractivity contribution in [2.75, 3.05) is 33.9 Å². The summed E-state index contributed by atoms with van der Waals surface area (Å²) in [5.74, 6) is 1.51. The quantitative estimate of drug-likeness (QED) is 0.680. The highest BCUT2D eigenvalue weighted by molar-refractivity contribution is 5.99. The highest BCUT2D eigenvalue weighted by Crippen LogP contribution is 2.37. The van der Waals surface area contributed by atoms with Crippen LogP contribution in [0, 0.1) is 0 Å². The third-order valence-electron chi connectivity index (χ3n) is 6.35. The fraction of sp³-hybridized carbons (Fsp3) is 0.440. The number of nitrogens with zero attached hydrogens (tertiary/aromatic N) is 2. The lowest BCUT2D eigenvalue weighted by molar-refractivity contribution is -0.133. The molecule has 4 rings (SSSR count). The first-order valence-corrected chi connectivity index (χ1v) is 11.0. The van der Waals surface area contributed by atoms with Gasteiger partial charge in [-0.25, -0.2) is 0 Å². The summed E-state index contributed by atoms with van der Waals surface area (Å²) in [5.41, 5.74) is 2.74. The van der Waals surface area contributed by atoms with Crippen molar-refractivity contribution in [2.45, 2.75) is 38.1 Å². The zero-order chi connectivity index (χ0) is 21.8. The lowest BCUT2D eigenvalue weighted by Crippen LogP contribution is -2.39. The van der Waals surface area contributed by atoms with E-state index >= 15 is 0 Å². The number of likely N-dealkylation sites (tertiary alicyclic amines) is 1.